The van der Waals surface area contributed by atoms with Crippen LogP contribution in [0, 0.1) is 0 Å². The minimum absolute atomic E-state index is 0.715. The largest absolute Gasteiger partial charge is 0.327 e. The smallest absolute Gasteiger partial charge is 0.0140 e. The van der Waals surface area contributed by atoms with Crippen LogP contribution in [0.15, 0.2) is 22.8 Å². The third-order valence-electron chi connectivity index (χ3n) is 2.68. The van der Waals surface area contributed by atoms with Gasteiger partial charge in [-0.15, -0.1) is 0 Å². The fraction of sp³-hybridized carbons (Fsp3) is 0.636. The van der Waals surface area contributed by atoms with Gasteiger partial charge in [-0.3, -0.25) is 0 Å². The molecule has 0 aromatic rings. The van der Waals surface area contributed by atoms with Crippen LogP contribution in [0.5, 0.6) is 0 Å². The van der Waals surface area contributed by atoms with Gasteiger partial charge in [-0.1, -0.05) is 11.6 Å². The minimum atomic E-state index is 0.715. The van der Waals surface area contributed by atoms with Crippen LogP contribution in [-0.4, -0.2) is 6.54 Å². The maximum absolute atomic E-state index is 5.63. The highest BCUT2D eigenvalue weighted by Gasteiger charge is 2.12. The van der Waals surface area contributed by atoms with Gasteiger partial charge in [0.15, 0.2) is 0 Å². The van der Waals surface area contributed by atoms with E-state index in [1.54, 1.807) is 0 Å². The van der Waals surface area contributed by atoms with Gasteiger partial charge in [-0.2, -0.15) is 0 Å². The Bertz CT molecular complexity index is 208. The average molecular weight is 165 g/mol. The highest BCUT2D eigenvalue weighted by Crippen LogP contribution is 2.30. The van der Waals surface area contributed by atoms with Gasteiger partial charge >= 0.3 is 0 Å². The molecule has 68 valence electrons. The van der Waals surface area contributed by atoms with E-state index in [0.717, 1.165) is 0 Å². The molecular weight excluding hydrogens is 146 g/mol. The van der Waals surface area contributed by atoms with Crippen molar-refractivity contribution in [3.63, 3.8) is 0 Å². The van der Waals surface area contributed by atoms with E-state index in [1.165, 1.54) is 42.4 Å². The fourth-order valence-corrected chi connectivity index (χ4v) is 1.86. The molecule has 2 N–H and O–H groups in total. The van der Waals surface area contributed by atoms with Gasteiger partial charge in [-0.25, -0.2) is 0 Å². The molecule has 0 aromatic carbocycles. The molecule has 0 heterocycles. The van der Waals surface area contributed by atoms with Crippen LogP contribution in [0.2, 0.25) is 0 Å². The molecule has 0 atom stereocenters. The van der Waals surface area contributed by atoms with Crippen molar-refractivity contribution in [1.82, 2.24) is 0 Å². The zero-order valence-corrected chi connectivity index (χ0v) is 8.19. The van der Waals surface area contributed by atoms with E-state index in [2.05, 4.69) is 19.9 Å². The van der Waals surface area contributed by atoms with E-state index in [4.69, 9.17) is 5.73 Å². The molecule has 12 heavy (non-hydrogen) atoms. The first-order chi connectivity index (χ1) is 5.79. The van der Waals surface area contributed by atoms with Crippen molar-refractivity contribution >= 4 is 0 Å². The Morgan fingerprint density at radius 3 is 2.67 bits per heavy atom. The summed E-state index contributed by atoms with van der Waals surface area (Å²) in [6.45, 7) is 5.00. The molecule has 0 bridgehead atoms. The summed E-state index contributed by atoms with van der Waals surface area (Å²) in [4.78, 5) is 0. The zero-order chi connectivity index (χ0) is 8.97. The SMILES string of the molecule is C/C=C1/CCCC/C1=C(/C)CN. The monoisotopic (exact) mass is 165 g/mol. The second kappa shape index (κ2) is 4.46. The summed E-state index contributed by atoms with van der Waals surface area (Å²) in [5.74, 6) is 0. The second-order valence-corrected chi connectivity index (χ2v) is 3.48. The highest BCUT2D eigenvalue weighted by molar-refractivity contribution is 5.36. The van der Waals surface area contributed by atoms with E-state index in [9.17, 15) is 0 Å². The number of rotatable bonds is 1. The summed E-state index contributed by atoms with van der Waals surface area (Å²) >= 11 is 0. The van der Waals surface area contributed by atoms with Crippen LogP contribution in [0.4, 0.5) is 0 Å². The van der Waals surface area contributed by atoms with E-state index >= 15 is 0 Å². The molecule has 0 saturated heterocycles. The normalized spacial score (nSPS) is 26.1. The number of hydrogen-bond donors (Lipinski definition) is 1. The van der Waals surface area contributed by atoms with E-state index in [1.807, 2.05) is 0 Å². The van der Waals surface area contributed by atoms with Crippen LogP contribution in [0.25, 0.3) is 0 Å². The minimum Gasteiger partial charge on any atom is -0.327 e. The van der Waals surface area contributed by atoms with E-state index in [0.29, 0.717) is 6.54 Å². The Balaban J connectivity index is 2.85. The third-order valence-corrected chi connectivity index (χ3v) is 2.68. The van der Waals surface area contributed by atoms with Crippen LogP contribution < -0.4 is 5.73 Å². The molecular formula is C11H19N. The number of hydrogen-bond acceptors (Lipinski definition) is 1. The summed E-state index contributed by atoms with van der Waals surface area (Å²) in [5.41, 5.74) is 10.1. The Labute approximate surface area is 75.3 Å². The van der Waals surface area contributed by atoms with Gasteiger partial charge in [0.05, 0.1) is 0 Å². The molecule has 1 nitrogen and oxygen atoms in total. The molecule has 0 aliphatic heterocycles. The predicted molar refractivity (Wildman–Crippen MR) is 54.0 cm³/mol. The topological polar surface area (TPSA) is 26.0 Å². The first kappa shape index (κ1) is 9.53. The molecule has 0 radical (unpaired) electrons. The molecule has 0 unspecified atom stereocenters. The van der Waals surface area contributed by atoms with Crippen molar-refractivity contribution in [1.29, 1.82) is 0 Å². The lowest BCUT2D eigenvalue weighted by Crippen LogP contribution is -2.08. The van der Waals surface area contributed by atoms with Crippen molar-refractivity contribution in [3.8, 4) is 0 Å². The Morgan fingerprint density at radius 1 is 1.42 bits per heavy atom. The lowest BCUT2D eigenvalue weighted by molar-refractivity contribution is 0.671. The van der Waals surface area contributed by atoms with Crippen molar-refractivity contribution in [2.24, 2.45) is 5.73 Å². The van der Waals surface area contributed by atoms with E-state index < -0.39 is 0 Å². The van der Waals surface area contributed by atoms with Crippen LogP contribution in [0.3, 0.4) is 0 Å². The Kier molecular flexibility index (Phi) is 3.54. The van der Waals surface area contributed by atoms with Gasteiger partial charge < -0.3 is 5.73 Å². The molecule has 1 heteroatoms. The third kappa shape index (κ3) is 1.98. The fourth-order valence-electron chi connectivity index (χ4n) is 1.86. The maximum Gasteiger partial charge on any atom is 0.0140 e. The lowest BCUT2D eigenvalue weighted by Gasteiger charge is -2.20. The quantitative estimate of drug-likeness (QED) is 0.635. The molecule has 0 aromatic heterocycles. The van der Waals surface area contributed by atoms with Crippen molar-refractivity contribution in [2.75, 3.05) is 6.54 Å². The highest BCUT2D eigenvalue weighted by atomic mass is 14.5. The van der Waals surface area contributed by atoms with Crippen molar-refractivity contribution in [3.05, 3.63) is 22.8 Å². The average Bonchev–Trinajstić information content (AvgIpc) is 2.16. The maximum atomic E-state index is 5.63. The van der Waals surface area contributed by atoms with Crippen molar-refractivity contribution < 1.29 is 0 Å². The van der Waals surface area contributed by atoms with Gasteiger partial charge in [0.2, 0.25) is 0 Å². The number of nitrogens with two attached hydrogens (primary N) is 1. The molecule has 1 aliphatic carbocycles. The number of allylic oxidation sites excluding steroid dienone is 3. The molecule has 0 amide bonds. The van der Waals surface area contributed by atoms with Crippen LogP contribution >= 0.6 is 0 Å². The lowest BCUT2D eigenvalue weighted by atomic mass is 9.86. The summed E-state index contributed by atoms with van der Waals surface area (Å²) in [5, 5.41) is 0. The summed E-state index contributed by atoms with van der Waals surface area (Å²) < 4.78 is 0. The molecule has 0 spiro atoms. The molecule has 1 aliphatic rings. The molecule has 1 fully saturated rings. The van der Waals surface area contributed by atoms with Gasteiger partial charge in [0, 0.05) is 6.54 Å². The Hall–Kier alpha value is -0.560. The first-order valence-corrected chi connectivity index (χ1v) is 4.83. The van der Waals surface area contributed by atoms with Gasteiger partial charge in [0.25, 0.3) is 0 Å². The zero-order valence-electron chi connectivity index (χ0n) is 8.19. The van der Waals surface area contributed by atoms with E-state index in [-0.39, 0.29) is 0 Å². The molecule has 1 rings (SSSR count). The predicted octanol–water partition coefficient (Wildman–Crippen LogP) is 2.78. The van der Waals surface area contributed by atoms with Gasteiger partial charge in [0.1, 0.15) is 0 Å². The van der Waals surface area contributed by atoms with Gasteiger partial charge in [-0.05, 0) is 50.7 Å². The first-order valence-electron chi connectivity index (χ1n) is 4.83. The van der Waals surface area contributed by atoms with Crippen LogP contribution in [-0.2, 0) is 0 Å². The Morgan fingerprint density at radius 2 is 2.08 bits per heavy atom. The second-order valence-electron chi connectivity index (χ2n) is 3.48. The van der Waals surface area contributed by atoms with Crippen LogP contribution in [0.1, 0.15) is 39.5 Å². The van der Waals surface area contributed by atoms with Crippen molar-refractivity contribution in [2.45, 2.75) is 39.5 Å². The molecule has 1 saturated carbocycles. The standard InChI is InChI=1S/C11H19N/c1-3-10-6-4-5-7-11(10)9(2)8-12/h3H,4-8,12H2,1-2H3/b10-3-,11-9+. The summed E-state index contributed by atoms with van der Waals surface area (Å²) in [6.07, 6.45) is 7.42. The summed E-state index contributed by atoms with van der Waals surface area (Å²) in [7, 11) is 0. The summed E-state index contributed by atoms with van der Waals surface area (Å²) in [6, 6.07) is 0.